The van der Waals surface area contributed by atoms with Crippen molar-refractivity contribution in [2.24, 2.45) is 0 Å². The summed E-state index contributed by atoms with van der Waals surface area (Å²) in [5.74, 6) is -0.266. The number of para-hydroxylation sites is 1. The van der Waals surface area contributed by atoms with Gasteiger partial charge in [-0.2, -0.15) is 0 Å². The molecule has 1 heterocycles. The molecule has 1 aromatic heterocycles. The molecule has 2 amide bonds. The van der Waals surface area contributed by atoms with Gasteiger partial charge >= 0.3 is 0 Å². The fourth-order valence-electron chi connectivity index (χ4n) is 2.76. The summed E-state index contributed by atoms with van der Waals surface area (Å²) in [5.41, 5.74) is 1.88. The smallest absolute Gasteiger partial charge is 0.222 e. The lowest BCUT2D eigenvalue weighted by Crippen LogP contribution is -2.34. The SMILES string of the molecule is CC(=O)N[C@@H](CC(=O)NCCNc1nc2ccccc2s1)c1ccccc1. The molecule has 0 unspecified atom stereocenters. The van der Waals surface area contributed by atoms with Crippen LogP contribution in [0.1, 0.15) is 24.9 Å². The average Bonchev–Trinajstić information content (AvgIpc) is 3.08. The van der Waals surface area contributed by atoms with Crippen LogP contribution in [0.5, 0.6) is 0 Å². The molecule has 0 saturated carbocycles. The van der Waals surface area contributed by atoms with Crippen molar-refractivity contribution in [1.29, 1.82) is 0 Å². The van der Waals surface area contributed by atoms with Gasteiger partial charge in [-0.3, -0.25) is 9.59 Å². The zero-order valence-corrected chi connectivity index (χ0v) is 15.9. The van der Waals surface area contributed by atoms with Crippen molar-refractivity contribution in [3.8, 4) is 0 Å². The van der Waals surface area contributed by atoms with Gasteiger partial charge in [0.25, 0.3) is 0 Å². The molecule has 3 N–H and O–H groups in total. The zero-order valence-electron chi connectivity index (χ0n) is 15.1. The van der Waals surface area contributed by atoms with Gasteiger partial charge in [-0.1, -0.05) is 53.8 Å². The number of carbonyl (C=O) groups is 2. The third-order valence-electron chi connectivity index (χ3n) is 3.99. The fourth-order valence-corrected chi connectivity index (χ4v) is 3.65. The third-order valence-corrected chi connectivity index (χ3v) is 4.98. The lowest BCUT2D eigenvalue weighted by molar-refractivity contribution is -0.122. The number of hydrogen-bond donors (Lipinski definition) is 3. The Morgan fingerprint density at radius 3 is 2.52 bits per heavy atom. The van der Waals surface area contributed by atoms with Crippen molar-refractivity contribution in [2.75, 3.05) is 18.4 Å². The second-order valence-electron chi connectivity index (χ2n) is 6.13. The Hall–Kier alpha value is -2.93. The first-order chi connectivity index (χ1) is 13.1. The number of benzene rings is 2. The van der Waals surface area contributed by atoms with Gasteiger partial charge in [0.1, 0.15) is 0 Å². The predicted molar refractivity (Wildman–Crippen MR) is 109 cm³/mol. The minimum atomic E-state index is -0.332. The molecule has 2 aromatic carbocycles. The fraction of sp³-hybridized carbons (Fsp3) is 0.250. The Morgan fingerprint density at radius 2 is 1.78 bits per heavy atom. The van der Waals surface area contributed by atoms with Gasteiger partial charge in [0, 0.05) is 20.0 Å². The lowest BCUT2D eigenvalue weighted by Gasteiger charge is -2.18. The van der Waals surface area contributed by atoms with Crippen LogP contribution in [0.4, 0.5) is 5.13 Å². The van der Waals surface area contributed by atoms with E-state index in [9.17, 15) is 9.59 Å². The molecule has 7 heteroatoms. The van der Waals surface area contributed by atoms with Crippen LogP contribution in [-0.4, -0.2) is 29.9 Å². The highest BCUT2D eigenvalue weighted by Crippen LogP contribution is 2.24. The quantitative estimate of drug-likeness (QED) is 0.523. The minimum Gasteiger partial charge on any atom is -0.360 e. The molecular formula is C20H22N4O2S. The summed E-state index contributed by atoms with van der Waals surface area (Å²) in [5, 5.41) is 9.79. The molecule has 0 fully saturated rings. The Morgan fingerprint density at radius 1 is 1.04 bits per heavy atom. The number of fused-ring (bicyclic) bond motifs is 1. The molecule has 3 aromatic rings. The first kappa shape index (κ1) is 18.8. The number of thiazole rings is 1. The molecule has 0 radical (unpaired) electrons. The van der Waals surface area contributed by atoms with E-state index < -0.39 is 0 Å². The van der Waals surface area contributed by atoms with Crippen molar-refractivity contribution in [1.82, 2.24) is 15.6 Å². The van der Waals surface area contributed by atoms with Gasteiger partial charge in [-0.15, -0.1) is 0 Å². The van der Waals surface area contributed by atoms with Gasteiger partial charge in [0.15, 0.2) is 5.13 Å². The third kappa shape index (κ3) is 5.52. The van der Waals surface area contributed by atoms with E-state index in [0.717, 1.165) is 20.9 Å². The molecule has 3 rings (SSSR count). The summed E-state index contributed by atoms with van der Waals surface area (Å²) < 4.78 is 1.13. The van der Waals surface area contributed by atoms with Gasteiger partial charge in [0.2, 0.25) is 11.8 Å². The summed E-state index contributed by atoms with van der Waals surface area (Å²) in [7, 11) is 0. The number of amides is 2. The van der Waals surface area contributed by atoms with Gasteiger partial charge in [0.05, 0.1) is 22.7 Å². The van der Waals surface area contributed by atoms with Crippen LogP contribution in [0.3, 0.4) is 0 Å². The average molecular weight is 382 g/mol. The van der Waals surface area contributed by atoms with Crippen molar-refractivity contribution >= 4 is 38.5 Å². The highest BCUT2D eigenvalue weighted by Gasteiger charge is 2.16. The van der Waals surface area contributed by atoms with Crippen LogP contribution < -0.4 is 16.0 Å². The summed E-state index contributed by atoms with van der Waals surface area (Å²) in [4.78, 5) is 28.2. The molecule has 1 atom stereocenters. The number of nitrogens with one attached hydrogen (secondary N) is 3. The highest BCUT2D eigenvalue weighted by atomic mass is 32.1. The molecule has 0 aliphatic heterocycles. The van der Waals surface area contributed by atoms with E-state index in [0.29, 0.717) is 13.1 Å². The number of nitrogens with zero attached hydrogens (tertiary/aromatic N) is 1. The van der Waals surface area contributed by atoms with Gasteiger partial charge < -0.3 is 16.0 Å². The van der Waals surface area contributed by atoms with Crippen LogP contribution in [0, 0.1) is 0 Å². The maximum absolute atomic E-state index is 12.3. The zero-order chi connectivity index (χ0) is 19.1. The molecule has 0 spiro atoms. The predicted octanol–water partition coefficient (Wildman–Crippen LogP) is 3.09. The molecule has 0 bridgehead atoms. The van der Waals surface area contributed by atoms with E-state index in [1.165, 1.54) is 6.92 Å². The standard InChI is InChI=1S/C20H22N4O2S/c1-14(25)23-17(15-7-3-2-4-8-15)13-19(26)21-11-12-22-20-24-16-9-5-6-10-18(16)27-20/h2-10,17H,11-13H2,1H3,(H,21,26)(H,22,24)(H,23,25)/t17-/m0/s1. The molecule has 0 aliphatic rings. The van der Waals surface area contributed by atoms with E-state index in [2.05, 4.69) is 20.9 Å². The van der Waals surface area contributed by atoms with Crippen molar-refractivity contribution in [2.45, 2.75) is 19.4 Å². The number of carbonyl (C=O) groups excluding carboxylic acids is 2. The lowest BCUT2D eigenvalue weighted by atomic mass is 10.0. The molecule has 0 aliphatic carbocycles. The summed E-state index contributed by atoms with van der Waals surface area (Å²) in [6.07, 6.45) is 0.199. The van der Waals surface area contributed by atoms with E-state index in [4.69, 9.17) is 0 Å². The van der Waals surface area contributed by atoms with Crippen LogP contribution in [0.25, 0.3) is 10.2 Å². The first-order valence-corrected chi connectivity index (χ1v) is 9.61. The molecule has 6 nitrogen and oxygen atoms in total. The maximum atomic E-state index is 12.3. The molecular weight excluding hydrogens is 360 g/mol. The summed E-state index contributed by atoms with van der Waals surface area (Å²) in [6, 6.07) is 17.1. The Labute approximate surface area is 162 Å². The van der Waals surface area contributed by atoms with E-state index in [1.807, 2.05) is 54.6 Å². The van der Waals surface area contributed by atoms with Crippen LogP contribution >= 0.6 is 11.3 Å². The largest absolute Gasteiger partial charge is 0.360 e. The minimum absolute atomic E-state index is 0.108. The monoisotopic (exact) mass is 382 g/mol. The molecule has 27 heavy (non-hydrogen) atoms. The second kappa shape index (κ2) is 9.14. The Balaban J connectivity index is 1.47. The number of rotatable bonds is 8. The summed E-state index contributed by atoms with van der Waals surface area (Å²) in [6.45, 7) is 2.52. The first-order valence-electron chi connectivity index (χ1n) is 8.80. The Kier molecular flexibility index (Phi) is 6.38. The Bertz CT molecular complexity index is 878. The molecule has 0 saturated heterocycles. The second-order valence-corrected chi connectivity index (χ2v) is 7.16. The van der Waals surface area contributed by atoms with E-state index in [1.54, 1.807) is 11.3 Å². The van der Waals surface area contributed by atoms with Crippen molar-refractivity contribution in [3.63, 3.8) is 0 Å². The summed E-state index contributed by atoms with van der Waals surface area (Å²) >= 11 is 1.59. The normalized spacial score (nSPS) is 11.7. The molecule has 140 valence electrons. The maximum Gasteiger partial charge on any atom is 0.222 e. The van der Waals surface area contributed by atoms with Crippen LogP contribution in [0.2, 0.25) is 0 Å². The topological polar surface area (TPSA) is 83.1 Å². The van der Waals surface area contributed by atoms with Gasteiger partial charge in [-0.25, -0.2) is 4.98 Å². The highest BCUT2D eigenvalue weighted by molar-refractivity contribution is 7.22. The van der Waals surface area contributed by atoms with Gasteiger partial charge in [-0.05, 0) is 17.7 Å². The van der Waals surface area contributed by atoms with Crippen molar-refractivity contribution < 1.29 is 9.59 Å². The van der Waals surface area contributed by atoms with E-state index >= 15 is 0 Å². The van der Waals surface area contributed by atoms with E-state index in [-0.39, 0.29) is 24.3 Å². The number of anilines is 1. The number of hydrogen-bond acceptors (Lipinski definition) is 5. The van der Waals surface area contributed by atoms with Crippen LogP contribution in [-0.2, 0) is 9.59 Å². The van der Waals surface area contributed by atoms with Crippen molar-refractivity contribution in [3.05, 3.63) is 60.2 Å². The van der Waals surface area contributed by atoms with Crippen LogP contribution in [0.15, 0.2) is 54.6 Å². The number of aromatic nitrogens is 1.